The molecule has 0 saturated heterocycles. The monoisotopic (exact) mass is 478 g/mol. The first-order valence-electron chi connectivity index (χ1n) is 11.5. The summed E-state index contributed by atoms with van der Waals surface area (Å²) in [5.41, 5.74) is 2.40. The average molecular weight is 479 g/mol. The van der Waals surface area contributed by atoms with Gasteiger partial charge in [-0.15, -0.1) is 0 Å². The van der Waals surface area contributed by atoms with Gasteiger partial charge in [0.1, 0.15) is 5.82 Å². The van der Waals surface area contributed by atoms with E-state index in [0.29, 0.717) is 40.2 Å². The lowest BCUT2D eigenvalue weighted by Gasteiger charge is -2.20. The highest BCUT2D eigenvalue weighted by molar-refractivity contribution is 6.06. The van der Waals surface area contributed by atoms with Crippen molar-refractivity contribution in [3.63, 3.8) is 0 Å². The van der Waals surface area contributed by atoms with E-state index in [0.717, 1.165) is 23.8 Å². The van der Waals surface area contributed by atoms with Crippen molar-refractivity contribution in [1.29, 1.82) is 0 Å². The molecule has 0 saturated carbocycles. The number of carbonyl (C=O) groups excluding carboxylic acids is 2. The van der Waals surface area contributed by atoms with Crippen molar-refractivity contribution in [1.82, 2.24) is 24.4 Å². The van der Waals surface area contributed by atoms with E-state index < -0.39 is 12.5 Å². The predicted octanol–water partition coefficient (Wildman–Crippen LogP) is 5.02. The van der Waals surface area contributed by atoms with Crippen LogP contribution < -0.4 is 10.6 Å². The molecular weight excluding hydrogens is 454 g/mol. The Labute approximate surface area is 200 Å². The van der Waals surface area contributed by atoms with E-state index in [4.69, 9.17) is 0 Å². The third kappa shape index (κ3) is 4.27. The summed E-state index contributed by atoms with van der Waals surface area (Å²) < 4.78 is 30.0. The molecular formula is C25H24F2N6O2. The van der Waals surface area contributed by atoms with Gasteiger partial charge in [0.05, 0.1) is 11.0 Å². The van der Waals surface area contributed by atoms with Crippen LogP contribution in [0.15, 0.2) is 54.9 Å². The second-order valence-electron chi connectivity index (χ2n) is 8.55. The van der Waals surface area contributed by atoms with Crippen molar-refractivity contribution in [2.45, 2.75) is 38.8 Å². The number of fused-ring (bicyclic) bond motifs is 5. The van der Waals surface area contributed by atoms with Crippen LogP contribution >= 0.6 is 0 Å². The normalized spacial score (nSPS) is 17.1. The van der Waals surface area contributed by atoms with Crippen LogP contribution in [0.5, 0.6) is 0 Å². The van der Waals surface area contributed by atoms with E-state index in [2.05, 4.69) is 20.6 Å². The summed E-state index contributed by atoms with van der Waals surface area (Å²) in [6.45, 7) is -0.238. The van der Waals surface area contributed by atoms with Gasteiger partial charge in [-0.1, -0.05) is 12.1 Å². The second kappa shape index (κ2) is 9.28. The van der Waals surface area contributed by atoms with Crippen LogP contribution in [0.25, 0.3) is 22.4 Å². The van der Waals surface area contributed by atoms with Crippen LogP contribution in [0.2, 0.25) is 0 Å². The molecule has 2 bridgehead atoms. The fraction of sp³-hybridized carbons (Fsp3) is 0.280. The first-order chi connectivity index (χ1) is 16.9. The maximum Gasteiger partial charge on any atom is 0.320 e. The van der Waals surface area contributed by atoms with Crippen molar-refractivity contribution in [2.24, 2.45) is 0 Å². The molecule has 1 aliphatic rings. The number of carbonyl (C=O) groups is 2. The van der Waals surface area contributed by atoms with Crippen LogP contribution in [-0.4, -0.2) is 37.5 Å². The molecule has 8 nitrogen and oxygen atoms in total. The number of nitrogens with zero attached hydrogens (tertiary/aromatic N) is 4. The highest BCUT2D eigenvalue weighted by Crippen LogP contribution is 2.35. The zero-order valence-corrected chi connectivity index (χ0v) is 19.0. The number of halogens is 2. The molecule has 1 atom stereocenters. The summed E-state index contributed by atoms with van der Waals surface area (Å²) in [4.78, 5) is 34.4. The fourth-order valence-corrected chi connectivity index (χ4v) is 4.50. The van der Waals surface area contributed by atoms with Crippen LogP contribution in [0.3, 0.4) is 0 Å². The Bertz CT molecular complexity index is 1410. The molecule has 0 unspecified atom stereocenters. The Balaban J connectivity index is 1.67. The number of para-hydroxylation sites is 1. The standard InChI is InChI=1S/C25H24F2N6O2/c1-15-6-2-3-11-29-22(34)16-7-4-8-17(14-16)23(35)31-25-30-19-10-5-9-18(20(19)33(15)25)21-28-12-13-32(21)24(26)27/h4-5,7-10,12-15,24H,2-3,6,11H2,1H3,(H,29,34)(H,30,31,35)/t15-/m1/s1. The van der Waals surface area contributed by atoms with Gasteiger partial charge in [0, 0.05) is 41.7 Å². The van der Waals surface area contributed by atoms with E-state index >= 15 is 0 Å². The van der Waals surface area contributed by atoms with Crippen molar-refractivity contribution in [3.8, 4) is 11.4 Å². The molecule has 3 heterocycles. The molecule has 2 aromatic carbocycles. The highest BCUT2D eigenvalue weighted by atomic mass is 19.3. The summed E-state index contributed by atoms with van der Waals surface area (Å²) >= 11 is 0. The Hall–Kier alpha value is -4.08. The van der Waals surface area contributed by atoms with Gasteiger partial charge in [-0.3, -0.25) is 19.5 Å². The van der Waals surface area contributed by atoms with Gasteiger partial charge in [-0.2, -0.15) is 8.78 Å². The Morgan fingerprint density at radius 2 is 1.83 bits per heavy atom. The van der Waals surface area contributed by atoms with Crippen molar-refractivity contribution < 1.29 is 18.4 Å². The molecule has 2 amide bonds. The number of amides is 2. The summed E-state index contributed by atoms with van der Waals surface area (Å²) in [5, 5.41) is 5.76. The maximum absolute atomic E-state index is 13.7. The number of hydrogen-bond donors (Lipinski definition) is 2. The number of nitrogens with one attached hydrogen (secondary N) is 2. The fourth-order valence-electron chi connectivity index (χ4n) is 4.50. The van der Waals surface area contributed by atoms with Crippen molar-refractivity contribution in [3.05, 3.63) is 66.0 Å². The number of rotatable bonds is 2. The summed E-state index contributed by atoms with van der Waals surface area (Å²) in [6, 6.07) is 11.6. The maximum atomic E-state index is 13.7. The van der Waals surface area contributed by atoms with Gasteiger partial charge in [0.25, 0.3) is 11.8 Å². The number of alkyl halides is 2. The first-order valence-corrected chi connectivity index (χ1v) is 11.5. The largest absolute Gasteiger partial charge is 0.352 e. The topological polar surface area (TPSA) is 93.8 Å². The summed E-state index contributed by atoms with van der Waals surface area (Å²) in [6.07, 6.45) is 4.89. The van der Waals surface area contributed by atoms with E-state index in [1.165, 1.54) is 18.5 Å². The van der Waals surface area contributed by atoms with Crippen LogP contribution in [-0.2, 0) is 0 Å². The molecule has 0 spiro atoms. The smallest absolute Gasteiger partial charge is 0.320 e. The van der Waals surface area contributed by atoms with E-state index in [1.54, 1.807) is 36.4 Å². The lowest BCUT2D eigenvalue weighted by molar-refractivity contribution is 0.0720. The minimum absolute atomic E-state index is 0.114. The molecule has 1 aliphatic heterocycles. The number of imidazole rings is 2. The Morgan fingerprint density at radius 3 is 2.63 bits per heavy atom. The third-order valence-corrected chi connectivity index (χ3v) is 6.22. The van der Waals surface area contributed by atoms with Gasteiger partial charge in [0.2, 0.25) is 5.95 Å². The lowest BCUT2D eigenvalue weighted by Crippen LogP contribution is -2.25. The minimum Gasteiger partial charge on any atom is -0.352 e. The van der Waals surface area contributed by atoms with Crippen LogP contribution in [0.1, 0.15) is 59.5 Å². The van der Waals surface area contributed by atoms with Crippen molar-refractivity contribution in [2.75, 3.05) is 11.9 Å². The number of hydrogen-bond acceptors (Lipinski definition) is 4. The molecule has 0 fully saturated rings. The Kier molecular flexibility index (Phi) is 6.02. The SMILES string of the molecule is C[C@@H]1CCCCNC(=O)c2cccc(c2)C(=O)Nc2nc3cccc(-c4nccn4C(F)F)c3n21. The van der Waals surface area contributed by atoms with Gasteiger partial charge >= 0.3 is 6.55 Å². The minimum atomic E-state index is -2.75. The molecule has 180 valence electrons. The van der Waals surface area contributed by atoms with Gasteiger partial charge in [-0.25, -0.2) is 9.97 Å². The molecule has 2 aromatic heterocycles. The second-order valence-corrected chi connectivity index (χ2v) is 8.55. The van der Waals surface area contributed by atoms with Crippen LogP contribution in [0.4, 0.5) is 14.7 Å². The predicted molar refractivity (Wildman–Crippen MR) is 127 cm³/mol. The quantitative estimate of drug-likeness (QED) is 0.423. The van der Waals surface area contributed by atoms with Gasteiger partial charge in [0.15, 0.2) is 0 Å². The third-order valence-electron chi connectivity index (χ3n) is 6.22. The zero-order chi connectivity index (χ0) is 24.5. The average Bonchev–Trinajstić information content (AvgIpc) is 3.48. The van der Waals surface area contributed by atoms with E-state index in [9.17, 15) is 18.4 Å². The molecule has 4 aromatic rings. The van der Waals surface area contributed by atoms with Crippen LogP contribution in [0, 0.1) is 0 Å². The van der Waals surface area contributed by atoms with E-state index in [1.807, 2.05) is 11.5 Å². The lowest BCUT2D eigenvalue weighted by atomic mass is 10.1. The summed E-state index contributed by atoms with van der Waals surface area (Å²) in [7, 11) is 0. The van der Waals surface area contributed by atoms with E-state index in [-0.39, 0.29) is 17.8 Å². The Morgan fingerprint density at radius 1 is 1.06 bits per heavy atom. The molecule has 10 heteroatoms. The van der Waals surface area contributed by atoms with Crippen molar-refractivity contribution >= 4 is 28.8 Å². The molecule has 0 radical (unpaired) electrons. The summed E-state index contributed by atoms with van der Waals surface area (Å²) in [5.74, 6) is -0.207. The number of anilines is 1. The molecule has 5 rings (SSSR count). The number of aromatic nitrogens is 4. The molecule has 2 N–H and O–H groups in total. The highest BCUT2D eigenvalue weighted by Gasteiger charge is 2.24. The first kappa shape index (κ1) is 22.7. The van der Waals surface area contributed by atoms with Gasteiger partial charge in [-0.05, 0) is 56.5 Å². The number of benzene rings is 2. The zero-order valence-electron chi connectivity index (χ0n) is 19.0. The molecule has 35 heavy (non-hydrogen) atoms. The molecule has 0 aliphatic carbocycles. The van der Waals surface area contributed by atoms with Gasteiger partial charge < -0.3 is 9.88 Å².